The Morgan fingerprint density at radius 3 is 2.95 bits per heavy atom. The van der Waals surface area contributed by atoms with Crippen LogP contribution in [0.3, 0.4) is 0 Å². The maximum absolute atomic E-state index is 5.70. The number of fused-ring (bicyclic) bond motifs is 2. The van der Waals surface area contributed by atoms with Gasteiger partial charge in [-0.25, -0.2) is 0 Å². The lowest BCUT2D eigenvalue weighted by Gasteiger charge is -2.11. The van der Waals surface area contributed by atoms with Crippen molar-refractivity contribution in [2.75, 3.05) is 6.61 Å². The number of H-pyrrole nitrogens is 1. The van der Waals surface area contributed by atoms with E-state index in [9.17, 15) is 0 Å². The Labute approximate surface area is 117 Å². The predicted octanol–water partition coefficient (Wildman–Crippen LogP) is 3.39. The number of hydrogen-bond donors (Lipinski definition) is 2. The van der Waals surface area contributed by atoms with Gasteiger partial charge in [0.2, 0.25) is 0 Å². The molecule has 0 amide bonds. The maximum Gasteiger partial charge on any atom is 0.124 e. The van der Waals surface area contributed by atoms with Gasteiger partial charge in [-0.05, 0) is 17.7 Å². The fraction of sp³-hybridized carbons (Fsp3) is 0.176. The van der Waals surface area contributed by atoms with Gasteiger partial charge in [-0.1, -0.05) is 36.4 Å². The molecule has 1 aliphatic heterocycles. The first-order valence-electron chi connectivity index (χ1n) is 6.92. The number of aromatic amines is 1. The first-order valence-corrected chi connectivity index (χ1v) is 6.92. The number of para-hydroxylation sites is 2. The second-order valence-corrected chi connectivity index (χ2v) is 5.14. The van der Waals surface area contributed by atoms with Crippen LogP contribution in [0, 0.1) is 0 Å². The van der Waals surface area contributed by atoms with E-state index in [4.69, 9.17) is 4.74 Å². The van der Waals surface area contributed by atoms with E-state index >= 15 is 0 Å². The van der Waals surface area contributed by atoms with E-state index in [0.717, 1.165) is 12.3 Å². The highest BCUT2D eigenvalue weighted by Crippen LogP contribution is 2.32. The number of nitrogens with one attached hydrogen (secondary N) is 2. The molecule has 3 heteroatoms. The zero-order valence-electron chi connectivity index (χ0n) is 11.1. The molecule has 0 fully saturated rings. The van der Waals surface area contributed by atoms with E-state index in [0.29, 0.717) is 6.61 Å². The van der Waals surface area contributed by atoms with Crippen LogP contribution in [0.2, 0.25) is 0 Å². The fourth-order valence-corrected chi connectivity index (χ4v) is 2.84. The van der Waals surface area contributed by atoms with Crippen molar-refractivity contribution in [1.82, 2.24) is 10.3 Å². The molecule has 1 atom stereocenters. The van der Waals surface area contributed by atoms with Gasteiger partial charge in [-0.2, -0.15) is 0 Å². The molecule has 2 heterocycles. The number of rotatable bonds is 3. The normalized spacial score (nSPS) is 17.1. The van der Waals surface area contributed by atoms with E-state index in [1.54, 1.807) is 0 Å². The van der Waals surface area contributed by atoms with Crippen molar-refractivity contribution in [1.29, 1.82) is 0 Å². The second-order valence-electron chi connectivity index (χ2n) is 5.14. The standard InChI is InChI=1S/C17H16N2O/c1-3-7-15-13(5-1)12(9-18-15)10-19-16-11-20-17-8-4-2-6-14(16)17/h1-9,16,18-19H,10-11H2. The highest BCUT2D eigenvalue weighted by molar-refractivity contribution is 5.82. The SMILES string of the molecule is c1ccc2c(c1)OCC2NCc1c[nH]c2ccccc12. The first kappa shape index (κ1) is 11.6. The van der Waals surface area contributed by atoms with Crippen molar-refractivity contribution in [2.45, 2.75) is 12.6 Å². The maximum atomic E-state index is 5.70. The summed E-state index contributed by atoms with van der Waals surface area (Å²) in [6.45, 7) is 1.55. The number of benzene rings is 2. The van der Waals surface area contributed by atoms with Crippen LogP contribution >= 0.6 is 0 Å². The summed E-state index contributed by atoms with van der Waals surface area (Å²) < 4.78 is 5.70. The summed E-state index contributed by atoms with van der Waals surface area (Å²) in [5.41, 5.74) is 3.74. The topological polar surface area (TPSA) is 37.0 Å². The van der Waals surface area contributed by atoms with Gasteiger partial charge < -0.3 is 15.0 Å². The summed E-state index contributed by atoms with van der Waals surface area (Å²) >= 11 is 0. The molecular formula is C17H16N2O. The third-order valence-electron chi connectivity index (χ3n) is 3.91. The molecule has 3 aromatic rings. The lowest BCUT2D eigenvalue weighted by Crippen LogP contribution is -2.21. The molecule has 3 nitrogen and oxygen atoms in total. The van der Waals surface area contributed by atoms with Crippen LogP contribution < -0.4 is 10.1 Å². The molecule has 0 radical (unpaired) electrons. The molecule has 0 bridgehead atoms. The van der Waals surface area contributed by atoms with Crippen LogP contribution in [0.1, 0.15) is 17.2 Å². The lowest BCUT2D eigenvalue weighted by molar-refractivity contribution is 0.310. The van der Waals surface area contributed by atoms with Crippen molar-refractivity contribution in [3.05, 3.63) is 65.9 Å². The average Bonchev–Trinajstić information content (AvgIpc) is 3.09. The van der Waals surface area contributed by atoms with E-state index in [-0.39, 0.29) is 6.04 Å². The fourth-order valence-electron chi connectivity index (χ4n) is 2.84. The van der Waals surface area contributed by atoms with Gasteiger partial charge >= 0.3 is 0 Å². The van der Waals surface area contributed by atoms with Gasteiger partial charge in [-0.15, -0.1) is 0 Å². The van der Waals surface area contributed by atoms with Crippen molar-refractivity contribution in [3.8, 4) is 5.75 Å². The summed E-state index contributed by atoms with van der Waals surface area (Å²) in [6, 6.07) is 16.9. The predicted molar refractivity (Wildman–Crippen MR) is 79.8 cm³/mol. The van der Waals surface area contributed by atoms with E-state index < -0.39 is 0 Å². The van der Waals surface area contributed by atoms with Crippen LogP contribution in [0.5, 0.6) is 5.75 Å². The highest BCUT2D eigenvalue weighted by atomic mass is 16.5. The van der Waals surface area contributed by atoms with E-state index in [2.05, 4.69) is 52.9 Å². The molecule has 1 aromatic heterocycles. The van der Waals surface area contributed by atoms with Crippen molar-refractivity contribution < 1.29 is 4.74 Å². The molecular weight excluding hydrogens is 248 g/mol. The molecule has 100 valence electrons. The lowest BCUT2D eigenvalue weighted by atomic mass is 10.1. The Hall–Kier alpha value is -2.26. The second kappa shape index (κ2) is 4.69. The van der Waals surface area contributed by atoms with E-state index in [1.165, 1.54) is 22.0 Å². The molecule has 2 N–H and O–H groups in total. The molecule has 2 aromatic carbocycles. The van der Waals surface area contributed by atoms with Crippen LogP contribution in [0.4, 0.5) is 0 Å². The van der Waals surface area contributed by atoms with E-state index in [1.807, 2.05) is 12.1 Å². The third kappa shape index (κ3) is 1.87. The monoisotopic (exact) mass is 264 g/mol. The number of hydrogen-bond acceptors (Lipinski definition) is 2. The summed E-state index contributed by atoms with van der Waals surface area (Å²) in [5.74, 6) is 1.00. The molecule has 0 saturated carbocycles. The summed E-state index contributed by atoms with van der Waals surface area (Å²) in [7, 11) is 0. The van der Waals surface area contributed by atoms with Gasteiger partial charge in [0.25, 0.3) is 0 Å². The van der Waals surface area contributed by atoms with Crippen LogP contribution in [-0.2, 0) is 6.54 Å². The number of aromatic nitrogens is 1. The zero-order valence-corrected chi connectivity index (χ0v) is 11.1. The minimum absolute atomic E-state index is 0.278. The quantitative estimate of drug-likeness (QED) is 0.761. The smallest absolute Gasteiger partial charge is 0.124 e. The Morgan fingerprint density at radius 1 is 1.10 bits per heavy atom. The Kier molecular flexibility index (Phi) is 2.71. The summed E-state index contributed by atoms with van der Waals surface area (Å²) in [5, 5.41) is 4.87. The van der Waals surface area contributed by atoms with Crippen molar-refractivity contribution in [2.24, 2.45) is 0 Å². The molecule has 1 aliphatic rings. The van der Waals surface area contributed by atoms with Gasteiger partial charge in [0.1, 0.15) is 12.4 Å². The van der Waals surface area contributed by atoms with Crippen LogP contribution in [0.15, 0.2) is 54.7 Å². The van der Waals surface area contributed by atoms with Gasteiger partial charge in [0, 0.05) is 29.2 Å². The van der Waals surface area contributed by atoms with Crippen LogP contribution in [-0.4, -0.2) is 11.6 Å². The molecule has 4 rings (SSSR count). The van der Waals surface area contributed by atoms with Crippen molar-refractivity contribution >= 4 is 10.9 Å². The molecule has 0 spiro atoms. The minimum Gasteiger partial charge on any atom is -0.491 e. The van der Waals surface area contributed by atoms with Gasteiger partial charge in [-0.3, -0.25) is 0 Å². The molecule has 0 saturated heterocycles. The average molecular weight is 264 g/mol. The third-order valence-corrected chi connectivity index (χ3v) is 3.91. The Morgan fingerprint density at radius 2 is 1.95 bits per heavy atom. The first-order chi connectivity index (χ1) is 9.92. The van der Waals surface area contributed by atoms with Gasteiger partial charge in [0.05, 0.1) is 6.04 Å². The highest BCUT2D eigenvalue weighted by Gasteiger charge is 2.22. The molecule has 0 aliphatic carbocycles. The minimum atomic E-state index is 0.278. The largest absolute Gasteiger partial charge is 0.491 e. The Balaban J connectivity index is 1.54. The van der Waals surface area contributed by atoms with Gasteiger partial charge in [0.15, 0.2) is 0 Å². The number of ether oxygens (including phenoxy) is 1. The summed E-state index contributed by atoms with van der Waals surface area (Å²) in [6.07, 6.45) is 2.08. The van der Waals surface area contributed by atoms with Crippen LogP contribution in [0.25, 0.3) is 10.9 Å². The summed E-state index contributed by atoms with van der Waals surface area (Å²) in [4.78, 5) is 3.31. The molecule has 20 heavy (non-hydrogen) atoms. The molecule has 1 unspecified atom stereocenters. The Bertz CT molecular complexity index is 747. The van der Waals surface area contributed by atoms with Crippen molar-refractivity contribution in [3.63, 3.8) is 0 Å². The zero-order chi connectivity index (χ0) is 13.4.